The van der Waals surface area contributed by atoms with Crippen molar-refractivity contribution < 1.29 is 9.18 Å². The number of hydrogen-bond donors (Lipinski definition) is 2. The summed E-state index contributed by atoms with van der Waals surface area (Å²) in [6, 6.07) is 14.0. The van der Waals surface area contributed by atoms with Crippen LogP contribution < -0.4 is 11.1 Å². The van der Waals surface area contributed by atoms with Gasteiger partial charge in [0.2, 0.25) is 5.91 Å². The Morgan fingerprint density at radius 1 is 1.24 bits per heavy atom. The molecule has 4 heteroatoms. The fourth-order valence-corrected chi connectivity index (χ4v) is 2.15. The van der Waals surface area contributed by atoms with Crippen molar-refractivity contribution in [2.75, 3.05) is 11.9 Å². The molecule has 2 aromatic rings. The number of amides is 1. The minimum Gasteiger partial charge on any atom is -0.330 e. The summed E-state index contributed by atoms with van der Waals surface area (Å²) in [6.07, 6.45) is 0.567. The maximum atomic E-state index is 13.3. The molecule has 1 unspecified atom stereocenters. The van der Waals surface area contributed by atoms with Crippen molar-refractivity contribution in [3.63, 3.8) is 0 Å². The Morgan fingerprint density at radius 3 is 2.62 bits per heavy atom. The number of benzene rings is 2. The van der Waals surface area contributed by atoms with Gasteiger partial charge < -0.3 is 11.1 Å². The maximum Gasteiger partial charge on any atom is 0.229 e. The van der Waals surface area contributed by atoms with Crippen LogP contribution in [0.1, 0.15) is 11.1 Å². The molecule has 2 rings (SSSR count). The van der Waals surface area contributed by atoms with Crippen molar-refractivity contribution in [3.8, 4) is 0 Å². The van der Waals surface area contributed by atoms with Gasteiger partial charge in [0, 0.05) is 12.2 Å². The summed E-state index contributed by atoms with van der Waals surface area (Å²) in [5.41, 5.74) is 8.07. The molecular weight excluding hydrogens is 267 g/mol. The topological polar surface area (TPSA) is 55.1 Å². The zero-order chi connectivity index (χ0) is 15.2. The lowest BCUT2D eigenvalue weighted by Crippen LogP contribution is -2.31. The molecule has 0 aliphatic carbocycles. The average molecular weight is 286 g/mol. The van der Waals surface area contributed by atoms with Crippen molar-refractivity contribution in [2.45, 2.75) is 13.3 Å². The molecule has 1 atom stereocenters. The number of aryl methyl sites for hydroxylation is 1. The van der Waals surface area contributed by atoms with Gasteiger partial charge in [-0.25, -0.2) is 4.39 Å². The van der Waals surface area contributed by atoms with E-state index in [0.29, 0.717) is 12.1 Å². The molecule has 0 saturated heterocycles. The van der Waals surface area contributed by atoms with E-state index in [1.165, 1.54) is 12.1 Å². The van der Waals surface area contributed by atoms with E-state index >= 15 is 0 Å². The van der Waals surface area contributed by atoms with E-state index in [-0.39, 0.29) is 24.2 Å². The van der Waals surface area contributed by atoms with Crippen LogP contribution in [0.15, 0.2) is 48.5 Å². The van der Waals surface area contributed by atoms with E-state index in [0.717, 1.165) is 11.1 Å². The Balaban J connectivity index is 2.08. The Kier molecular flexibility index (Phi) is 5.06. The molecule has 0 bridgehead atoms. The van der Waals surface area contributed by atoms with Crippen LogP contribution in [0.25, 0.3) is 0 Å². The third kappa shape index (κ3) is 4.13. The van der Waals surface area contributed by atoms with Gasteiger partial charge >= 0.3 is 0 Å². The van der Waals surface area contributed by atoms with Gasteiger partial charge in [-0.1, -0.05) is 36.4 Å². The van der Waals surface area contributed by atoms with Gasteiger partial charge in [-0.05, 0) is 36.6 Å². The number of nitrogens with one attached hydrogen (secondary N) is 1. The highest BCUT2D eigenvalue weighted by atomic mass is 19.1. The van der Waals surface area contributed by atoms with Crippen LogP contribution in [-0.4, -0.2) is 12.5 Å². The third-order valence-electron chi connectivity index (χ3n) is 3.44. The number of hydrogen-bond acceptors (Lipinski definition) is 2. The lowest BCUT2D eigenvalue weighted by atomic mass is 9.98. The second-order valence-electron chi connectivity index (χ2n) is 5.07. The molecule has 21 heavy (non-hydrogen) atoms. The lowest BCUT2D eigenvalue weighted by Gasteiger charge is -2.16. The van der Waals surface area contributed by atoms with Gasteiger partial charge in [-0.2, -0.15) is 0 Å². The summed E-state index contributed by atoms with van der Waals surface area (Å²) < 4.78 is 13.3. The average Bonchev–Trinajstić information content (AvgIpc) is 2.49. The van der Waals surface area contributed by atoms with Gasteiger partial charge in [0.25, 0.3) is 0 Å². The Labute approximate surface area is 124 Å². The summed E-state index contributed by atoms with van der Waals surface area (Å²) in [4.78, 5) is 12.3. The smallest absolute Gasteiger partial charge is 0.229 e. The van der Waals surface area contributed by atoms with Crippen LogP contribution in [0, 0.1) is 18.7 Å². The first-order chi connectivity index (χ1) is 10.1. The van der Waals surface area contributed by atoms with Crippen molar-refractivity contribution in [3.05, 3.63) is 65.5 Å². The molecule has 0 saturated carbocycles. The highest BCUT2D eigenvalue weighted by Gasteiger charge is 2.18. The van der Waals surface area contributed by atoms with Crippen molar-refractivity contribution in [1.29, 1.82) is 0 Å². The molecule has 3 nitrogen and oxygen atoms in total. The van der Waals surface area contributed by atoms with Crippen LogP contribution >= 0.6 is 0 Å². The van der Waals surface area contributed by atoms with E-state index in [2.05, 4.69) is 5.32 Å². The van der Waals surface area contributed by atoms with Crippen molar-refractivity contribution >= 4 is 11.6 Å². The quantitative estimate of drug-likeness (QED) is 0.888. The highest BCUT2D eigenvalue weighted by Crippen LogP contribution is 2.18. The van der Waals surface area contributed by atoms with E-state index < -0.39 is 0 Å². The maximum absolute atomic E-state index is 13.3. The highest BCUT2D eigenvalue weighted by molar-refractivity contribution is 5.93. The molecule has 2 aromatic carbocycles. The van der Waals surface area contributed by atoms with Gasteiger partial charge in [0.1, 0.15) is 5.82 Å². The lowest BCUT2D eigenvalue weighted by molar-refractivity contribution is -0.119. The van der Waals surface area contributed by atoms with Crippen molar-refractivity contribution in [2.24, 2.45) is 11.7 Å². The SMILES string of the molecule is Cc1ccc(F)cc1NC(=O)C(CN)Cc1ccccc1. The van der Waals surface area contributed by atoms with Crippen molar-refractivity contribution in [1.82, 2.24) is 0 Å². The van der Waals surface area contributed by atoms with Gasteiger partial charge in [0.05, 0.1) is 5.92 Å². The monoisotopic (exact) mass is 286 g/mol. The largest absolute Gasteiger partial charge is 0.330 e. The molecule has 0 fully saturated rings. The Hall–Kier alpha value is -2.20. The van der Waals surface area contributed by atoms with Crippen LogP contribution in [0.5, 0.6) is 0 Å². The molecule has 0 heterocycles. The third-order valence-corrected chi connectivity index (χ3v) is 3.44. The minimum atomic E-state index is -0.372. The van der Waals surface area contributed by atoms with E-state index in [1.54, 1.807) is 6.07 Å². The summed E-state index contributed by atoms with van der Waals surface area (Å²) in [5.74, 6) is -0.895. The molecule has 0 aromatic heterocycles. The molecule has 1 amide bonds. The van der Waals surface area contributed by atoms with E-state index in [1.807, 2.05) is 37.3 Å². The van der Waals surface area contributed by atoms with Gasteiger partial charge in [-0.3, -0.25) is 4.79 Å². The van der Waals surface area contributed by atoms with Crippen LogP contribution in [0.2, 0.25) is 0 Å². The predicted octanol–water partition coefficient (Wildman–Crippen LogP) is 2.89. The number of anilines is 1. The molecule has 0 radical (unpaired) electrons. The number of nitrogens with two attached hydrogens (primary N) is 1. The molecule has 0 aliphatic rings. The zero-order valence-corrected chi connectivity index (χ0v) is 12.0. The molecule has 0 spiro atoms. The second kappa shape index (κ2) is 6.99. The Bertz CT molecular complexity index is 613. The molecule has 0 aliphatic heterocycles. The van der Waals surface area contributed by atoms with Gasteiger partial charge in [-0.15, -0.1) is 0 Å². The normalized spacial score (nSPS) is 12.0. The minimum absolute atomic E-state index is 0.185. The zero-order valence-electron chi connectivity index (χ0n) is 12.0. The predicted molar refractivity (Wildman–Crippen MR) is 82.5 cm³/mol. The Morgan fingerprint density at radius 2 is 1.95 bits per heavy atom. The molecular formula is C17H19FN2O. The summed E-state index contributed by atoms with van der Waals surface area (Å²) in [6.45, 7) is 2.07. The van der Waals surface area contributed by atoms with Crippen LogP contribution in [-0.2, 0) is 11.2 Å². The molecule has 3 N–H and O–H groups in total. The van der Waals surface area contributed by atoms with E-state index in [4.69, 9.17) is 5.73 Å². The number of halogens is 1. The fourth-order valence-electron chi connectivity index (χ4n) is 2.15. The fraction of sp³-hybridized carbons (Fsp3) is 0.235. The number of rotatable bonds is 5. The number of carbonyl (C=O) groups is 1. The first-order valence-corrected chi connectivity index (χ1v) is 6.91. The van der Waals surface area contributed by atoms with Crippen LogP contribution in [0.3, 0.4) is 0 Å². The van der Waals surface area contributed by atoms with Crippen LogP contribution in [0.4, 0.5) is 10.1 Å². The summed E-state index contributed by atoms with van der Waals surface area (Å²) in [7, 11) is 0. The van der Waals surface area contributed by atoms with Gasteiger partial charge in [0.15, 0.2) is 0 Å². The first-order valence-electron chi connectivity index (χ1n) is 6.91. The summed E-state index contributed by atoms with van der Waals surface area (Å²) >= 11 is 0. The number of carbonyl (C=O) groups excluding carboxylic acids is 1. The second-order valence-corrected chi connectivity index (χ2v) is 5.07. The first kappa shape index (κ1) is 15.2. The molecule has 110 valence electrons. The summed E-state index contributed by atoms with van der Waals surface area (Å²) in [5, 5.41) is 2.76. The van der Waals surface area contributed by atoms with E-state index in [9.17, 15) is 9.18 Å². The standard InChI is InChI=1S/C17H19FN2O/c1-12-7-8-15(18)10-16(12)20-17(21)14(11-19)9-13-5-3-2-4-6-13/h2-8,10,14H,9,11,19H2,1H3,(H,20,21).